The number of hydrogen-bond acceptors (Lipinski definition) is 1. The number of aryl methyl sites for hydroxylation is 1. The zero-order valence-electron chi connectivity index (χ0n) is 13.8. The van der Waals surface area contributed by atoms with Gasteiger partial charge in [-0.25, -0.2) is 0 Å². The van der Waals surface area contributed by atoms with E-state index in [1.54, 1.807) is 0 Å². The summed E-state index contributed by atoms with van der Waals surface area (Å²) in [7, 11) is 0. The Kier molecular flexibility index (Phi) is 4.71. The Labute approximate surface area is 127 Å². The molecule has 0 saturated heterocycles. The molecule has 1 aromatic rings. The molecule has 0 bridgehead atoms. The van der Waals surface area contributed by atoms with Crippen LogP contribution in [0.25, 0.3) is 6.08 Å². The summed E-state index contributed by atoms with van der Waals surface area (Å²) in [6.07, 6.45) is 5.87. The van der Waals surface area contributed by atoms with Crippen LogP contribution in [0.1, 0.15) is 62.5 Å². The number of rotatable bonds is 5. The highest BCUT2D eigenvalue weighted by atomic mass is 16.1. The third-order valence-corrected chi connectivity index (χ3v) is 4.34. The smallest absolute Gasteiger partial charge is 0.251 e. The van der Waals surface area contributed by atoms with Crippen LogP contribution in [-0.4, -0.2) is 10.9 Å². The quantitative estimate of drug-likeness (QED) is 0.838. The van der Waals surface area contributed by atoms with Crippen molar-refractivity contribution in [2.45, 2.75) is 60.3 Å². The molecule has 21 heavy (non-hydrogen) atoms. The molecule has 3 heteroatoms. The summed E-state index contributed by atoms with van der Waals surface area (Å²) in [5.41, 5.74) is 8.11. The van der Waals surface area contributed by atoms with E-state index in [9.17, 15) is 4.79 Å². The van der Waals surface area contributed by atoms with Crippen molar-refractivity contribution in [3.05, 3.63) is 39.4 Å². The number of carbonyl (C=O) groups excluding carboxylic acids is 1. The Morgan fingerprint density at radius 1 is 1.05 bits per heavy atom. The Balaban J connectivity index is 2.44. The molecule has 2 heterocycles. The van der Waals surface area contributed by atoms with Crippen molar-refractivity contribution in [3.63, 3.8) is 0 Å². The SMILES string of the molecule is CCCC1=C(CC)/C(=C/c2[nH]c(C)c(CC)c2C)NC1=O. The molecule has 1 aromatic heterocycles. The lowest BCUT2D eigenvalue weighted by atomic mass is 10.0. The van der Waals surface area contributed by atoms with Crippen LogP contribution in [0, 0.1) is 13.8 Å². The van der Waals surface area contributed by atoms with Gasteiger partial charge in [-0.15, -0.1) is 0 Å². The molecule has 1 amide bonds. The summed E-state index contributed by atoms with van der Waals surface area (Å²) in [5.74, 6) is 0.0802. The zero-order valence-corrected chi connectivity index (χ0v) is 13.8. The van der Waals surface area contributed by atoms with Crippen molar-refractivity contribution in [2.75, 3.05) is 0 Å². The van der Waals surface area contributed by atoms with Crippen LogP contribution >= 0.6 is 0 Å². The van der Waals surface area contributed by atoms with Crippen molar-refractivity contribution in [2.24, 2.45) is 0 Å². The van der Waals surface area contributed by atoms with Crippen LogP contribution < -0.4 is 5.32 Å². The first-order valence-electron chi connectivity index (χ1n) is 7.96. The summed E-state index contributed by atoms with van der Waals surface area (Å²) >= 11 is 0. The molecule has 0 unspecified atom stereocenters. The third-order valence-electron chi connectivity index (χ3n) is 4.34. The fraction of sp³-hybridized carbons (Fsp3) is 0.500. The summed E-state index contributed by atoms with van der Waals surface area (Å²) in [6, 6.07) is 0. The number of nitrogens with one attached hydrogen (secondary N) is 2. The molecule has 114 valence electrons. The van der Waals surface area contributed by atoms with Crippen molar-refractivity contribution in [1.29, 1.82) is 0 Å². The minimum Gasteiger partial charge on any atom is -0.359 e. The van der Waals surface area contributed by atoms with Gasteiger partial charge in [0.25, 0.3) is 5.91 Å². The number of H-pyrrole nitrogens is 1. The molecule has 3 nitrogen and oxygen atoms in total. The van der Waals surface area contributed by atoms with Gasteiger partial charge in [0.15, 0.2) is 0 Å². The number of aromatic amines is 1. The highest BCUT2D eigenvalue weighted by Gasteiger charge is 2.25. The van der Waals surface area contributed by atoms with Gasteiger partial charge < -0.3 is 10.3 Å². The molecule has 2 N–H and O–H groups in total. The second-order valence-electron chi connectivity index (χ2n) is 5.69. The lowest BCUT2D eigenvalue weighted by molar-refractivity contribution is -0.116. The Hall–Kier alpha value is -1.77. The molecule has 0 atom stereocenters. The predicted molar refractivity (Wildman–Crippen MR) is 88.0 cm³/mol. The van der Waals surface area contributed by atoms with E-state index in [2.05, 4.69) is 51.0 Å². The normalized spacial score (nSPS) is 17.0. The summed E-state index contributed by atoms with van der Waals surface area (Å²) in [6.45, 7) is 10.7. The zero-order chi connectivity index (χ0) is 15.6. The van der Waals surface area contributed by atoms with Gasteiger partial charge in [-0.3, -0.25) is 4.79 Å². The van der Waals surface area contributed by atoms with Crippen LogP contribution in [0.3, 0.4) is 0 Å². The topological polar surface area (TPSA) is 44.9 Å². The first kappa shape index (κ1) is 15.6. The highest BCUT2D eigenvalue weighted by Crippen LogP contribution is 2.29. The van der Waals surface area contributed by atoms with Gasteiger partial charge in [-0.1, -0.05) is 27.2 Å². The number of hydrogen-bond donors (Lipinski definition) is 2. The fourth-order valence-electron chi connectivity index (χ4n) is 3.25. The molecule has 0 aliphatic carbocycles. The van der Waals surface area contributed by atoms with Gasteiger partial charge in [0, 0.05) is 22.7 Å². The van der Waals surface area contributed by atoms with Crippen LogP contribution in [0.4, 0.5) is 0 Å². The maximum Gasteiger partial charge on any atom is 0.251 e. The average Bonchev–Trinajstić information content (AvgIpc) is 2.88. The Morgan fingerprint density at radius 3 is 2.29 bits per heavy atom. The lowest BCUT2D eigenvalue weighted by Gasteiger charge is -2.04. The minimum absolute atomic E-state index is 0.0802. The van der Waals surface area contributed by atoms with Crippen LogP contribution in [0.15, 0.2) is 16.8 Å². The van der Waals surface area contributed by atoms with Crippen molar-refractivity contribution in [1.82, 2.24) is 10.3 Å². The molecule has 0 spiro atoms. The van der Waals surface area contributed by atoms with E-state index < -0.39 is 0 Å². The monoisotopic (exact) mass is 286 g/mol. The highest BCUT2D eigenvalue weighted by molar-refractivity contribution is 6.01. The summed E-state index contributed by atoms with van der Waals surface area (Å²) in [4.78, 5) is 15.6. The largest absolute Gasteiger partial charge is 0.359 e. The first-order chi connectivity index (χ1) is 10.0. The maximum absolute atomic E-state index is 12.1. The molecule has 1 aliphatic heterocycles. The Morgan fingerprint density at radius 2 is 1.76 bits per heavy atom. The van der Waals surface area contributed by atoms with Gasteiger partial charge in [0.05, 0.1) is 0 Å². The standard InChI is InChI=1S/C18H26N2O/c1-6-9-15-14(8-3)17(20-18(15)21)10-16-11(4)13(7-2)12(5)19-16/h10,19H,6-9H2,1-5H3,(H,20,21)/b17-10-. The molecular formula is C18H26N2O. The van der Waals surface area contributed by atoms with Gasteiger partial charge >= 0.3 is 0 Å². The number of carbonyl (C=O) groups is 1. The summed E-state index contributed by atoms with van der Waals surface area (Å²) in [5, 5.41) is 3.04. The predicted octanol–water partition coefficient (Wildman–Crippen LogP) is 4.17. The van der Waals surface area contributed by atoms with Crippen LogP contribution in [-0.2, 0) is 11.2 Å². The molecule has 0 saturated carbocycles. The van der Waals surface area contributed by atoms with E-state index in [1.807, 2.05) is 0 Å². The first-order valence-corrected chi connectivity index (χ1v) is 7.96. The van der Waals surface area contributed by atoms with E-state index in [-0.39, 0.29) is 5.91 Å². The lowest BCUT2D eigenvalue weighted by Crippen LogP contribution is -2.16. The molecule has 0 aromatic carbocycles. The van der Waals surface area contributed by atoms with Crippen molar-refractivity contribution < 1.29 is 4.79 Å². The summed E-state index contributed by atoms with van der Waals surface area (Å²) < 4.78 is 0. The fourth-order valence-corrected chi connectivity index (χ4v) is 3.25. The number of aromatic nitrogens is 1. The second-order valence-corrected chi connectivity index (χ2v) is 5.69. The van der Waals surface area contributed by atoms with Crippen molar-refractivity contribution >= 4 is 12.0 Å². The molecule has 2 rings (SSSR count). The maximum atomic E-state index is 12.1. The van der Waals surface area contributed by atoms with E-state index in [0.29, 0.717) is 0 Å². The van der Waals surface area contributed by atoms with Gasteiger partial charge in [0.2, 0.25) is 0 Å². The van der Waals surface area contributed by atoms with Gasteiger partial charge in [-0.2, -0.15) is 0 Å². The molecular weight excluding hydrogens is 260 g/mol. The minimum atomic E-state index is 0.0802. The molecule has 0 fully saturated rings. The van der Waals surface area contributed by atoms with Crippen LogP contribution in [0.5, 0.6) is 0 Å². The van der Waals surface area contributed by atoms with Gasteiger partial charge in [-0.05, 0) is 55.9 Å². The second kappa shape index (κ2) is 6.33. The van der Waals surface area contributed by atoms with Crippen molar-refractivity contribution in [3.8, 4) is 0 Å². The van der Waals surface area contributed by atoms with E-state index in [4.69, 9.17) is 0 Å². The van der Waals surface area contributed by atoms with Crippen LogP contribution in [0.2, 0.25) is 0 Å². The van der Waals surface area contributed by atoms with E-state index in [1.165, 1.54) is 22.4 Å². The van der Waals surface area contributed by atoms with E-state index in [0.717, 1.165) is 42.6 Å². The number of amides is 1. The van der Waals surface area contributed by atoms with E-state index >= 15 is 0 Å². The third kappa shape index (κ3) is 2.82. The average molecular weight is 286 g/mol. The number of allylic oxidation sites excluding steroid dienone is 1. The molecule has 1 aliphatic rings. The Bertz CT molecular complexity index is 617. The van der Waals surface area contributed by atoms with Gasteiger partial charge in [0.1, 0.15) is 0 Å². The molecule has 0 radical (unpaired) electrons.